The number of aromatic nitrogens is 1. The van der Waals surface area contributed by atoms with Crippen LogP contribution in [-0.4, -0.2) is 4.98 Å². The van der Waals surface area contributed by atoms with Crippen molar-refractivity contribution in [1.29, 1.82) is 0 Å². The Balaban J connectivity index is 3.08. The molecule has 0 aliphatic heterocycles. The Hall–Kier alpha value is -1.23. The van der Waals surface area contributed by atoms with Crippen LogP contribution < -0.4 is 5.43 Å². The maximum Gasteiger partial charge on any atom is 0.195 e. The number of aromatic amines is 1. The van der Waals surface area contributed by atoms with Crippen molar-refractivity contribution >= 4 is 26.8 Å². The maximum atomic E-state index is 13.9. The van der Waals surface area contributed by atoms with Crippen LogP contribution >= 0.6 is 15.9 Å². The predicted octanol–water partition coefficient (Wildman–Crippen LogP) is 3.44. The second-order valence-electron chi connectivity index (χ2n) is 3.82. The molecule has 0 aliphatic rings. The summed E-state index contributed by atoms with van der Waals surface area (Å²) in [4.78, 5) is 14.8. The van der Waals surface area contributed by atoms with Gasteiger partial charge in [-0.15, -0.1) is 0 Å². The number of fused-ring (bicyclic) bond motifs is 1. The lowest BCUT2D eigenvalue weighted by Crippen LogP contribution is -2.14. The van der Waals surface area contributed by atoms with E-state index in [0.717, 1.165) is 6.07 Å². The first-order valence-electron chi connectivity index (χ1n) is 5.16. The molecule has 0 atom stereocenters. The highest BCUT2D eigenvalue weighted by Crippen LogP contribution is 2.25. The molecule has 5 heteroatoms. The summed E-state index contributed by atoms with van der Waals surface area (Å²) in [6.45, 7) is 3.48. The molecule has 1 heterocycles. The van der Waals surface area contributed by atoms with Gasteiger partial charge in [0.1, 0.15) is 5.82 Å². The minimum Gasteiger partial charge on any atom is -0.356 e. The highest BCUT2D eigenvalue weighted by atomic mass is 79.9. The Morgan fingerprint density at radius 2 is 2.06 bits per heavy atom. The smallest absolute Gasteiger partial charge is 0.195 e. The lowest BCUT2D eigenvalue weighted by molar-refractivity contribution is 0.608. The van der Waals surface area contributed by atoms with Crippen molar-refractivity contribution in [2.75, 3.05) is 0 Å². The Bertz CT molecular complexity index is 664. The standard InChI is InChI=1S/C12H10BrF2NO/c1-3-6-5(2)16-11-8(14)4-7(13)10(15)9(11)12(6)17/h4H,3H2,1-2H3,(H,16,17). The zero-order valence-electron chi connectivity index (χ0n) is 9.33. The summed E-state index contributed by atoms with van der Waals surface area (Å²) >= 11 is 2.90. The largest absolute Gasteiger partial charge is 0.356 e. The van der Waals surface area contributed by atoms with Gasteiger partial charge in [0.2, 0.25) is 0 Å². The van der Waals surface area contributed by atoms with Gasteiger partial charge in [0.05, 0.1) is 15.4 Å². The second kappa shape index (κ2) is 4.22. The first kappa shape index (κ1) is 12.2. The van der Waals surface area contributed by atoms with Crippen molar-refractivity contribution in [1.82, 2.24) is 4.98 Å². The summed E-state index contributed by atoms with van der Waals surface area (Å²) in [6.07, 6.45) is 0.477. The normalized spacial score (nSPS) is 11.1. The fourth-order valence-corrected chi connectivity index (χ4v) is 2.34. The highest BCUT2D eigenvalue weighted by Gasteiger charge is 2.17. The summed E-state index contributed by atoms with van der Waals surface area (Å²) in [5, 5.41) is -0.223. The fraction of sp³-hybridized carbons (Fsp3) is 0.250. The monoisotopic (exact) mass is 301 g/mol. The molecule has 0 aliphatic carbocycles. The van der Waals surface area contributed by atoms with Crippen LogP contribution in [0.2, 0.25) is 0 Å². The van der Waals surface area contributed by atoms with Crippen LogP contribution in [0.1, 0.15) is 18.2 Å². The molecule has 1 aromatic carbocycles. The van der Waals surface area contributed by atoms with Gasteiger partial charge in [0, 0.05) is 11.3 Å². The molecule has 0 unspecified atom stereocenters. The van der Waals surface area contributed by atoms with E-state index in [1.807, 2.05) is 0 Å². The van der Waals surface area contributed by atoms with Gasteiger partial charge in [0.15, 0.2) is 11.2 Å². The number of halogens is 3. The number of hydrogen-bond donors (Lipinski definition) is 1. The van der Waals surface area contributed by atoms with Crippen molar-refractivity contribution in [3.63, 3.8) is 0 Å². The Kier molecular flexibility index (Phi) is 3.03. The first-order valence-corrected chi connectivity index (χ1v) is 5.95. The van der Waals surface area contributed by atoms with Crippen LogP contribution in [0.3, 0.4) is 0 Å². The molecule has 0 saturated carbocycles. The van der Waals surface area contributed by atoms with E-state index in [9.17, 15) is 13.6 Å². The summed E-state index contributed by atoms with van der Waals surface area (Å²) in [5.74, 6) is -1.37. The van der Waals surface area contributed by atoms with E-state index >= 15 is 0 Å². The zero-order valence-corrected chi connectivity index (χ0v) is 10.9. The van der Waals surface area contributed by atoms with Gasteiger partial charge in [0.25, 0.3) is 0 Å². The van der Waals surface area contributed by atoms with Gasteiger partial charge >= 0.3 is 0 Å². The topological polar surface area (TPSA) is 32.9 Å². The van der Waals surface area contributed by atoms with Crippen molar-refractivity contribution in [3.8, 4) is 0 Å². The molecule has 1 N–H and O–H groups in total. The van der Waals surface area contributed by atoms with Gasteiger partial charge in [-0.2, -0.15) is 0 Å². The number of benzene rings is 1. The summed E-state index contributed by atoms with van der Waals surface area (Å²) < 4.78 is 27.5. The number of H-pyrrole nitrogens is 1. The summed E-state index contributed by atoms with van der Waals surface area (Å²) in [6, 6.07) is 1.01. The van der Waals surface area contributed by atoms with E-state index in [1.54, 1.807) is 13.8 Å². The predicted molar refractivity (Wildman–Crippen MR) is 66.3 cm³/mol. The molecule has 17 heavy (non-hydrogen) atoms. The van der Waals surface area contributed by atoms with Crippen molar-refractivity contribution in [2.45, 2.75) is 20.3 Å². The van der Waals surface area contributed by atoms with Crippen molar-refractivity contribution in [2.24, 2.45) is 0 Å². The zero-order chi connectivity index (χ0) is 12.7. The van der Waals surface area contributed by atoms with Crippen LogP contribution in [0.4, 0.5) is 8.78 Å². The molecule has 0 amide bonds. The Labute approximate surface area is 105 Å². The molecule has 2 aromatic rings. The number of hydrogen-bond acceptors (Lipinski definition) is 1. The van der Waals surface area contributed by atoms with Crippen molar-refractivity contribution in [3.05, 3.63) is 43.7 Å². The van der Waals surface area contributed by atoms with Crippen LogP contribution in [-0.2, 0) is 6.42 Å². The number of rotatable bonds is 1. The quantitative estimate of drug-likeness (QED) is 0.804. The van der Waals surface area contributed by atoms with Crippen LogP contribution in [0.25, 0.3) is 10.9 Å². The van der Waals surface area contributed by atoms with Gasteiger partial charge in [-0.1, -0.05) is 6.92 Å². The van der Waals surface area contributed by atoms with Crippen LogP contribution in [0.5, 0.6) is 0 Å². The average molecular weight is 302 g/mol. The first-order chi connectivity index (χ1) is 7.97. The molecular formula is C12H10BrF2NO. The minimum absolute atomic E-state index is 0.0427. The molecule has 90 valence electrons. The summed E-state index contributed by atoms with van der Waals surface area (Å²) in [5.41, 5.74) is 0.529. The fourth-order valence-electron chi connectivity index (χ4n) is 1.94. The van der Waals surface area contributed by atoms with Gasteiger partial charge < -0.3 is 4.98 Å². The van der Waals surface area contributed by atoms with Gasteiger partial charge in [-0.05, 0) is 35.3 Å². The van der Waals surface area contributed by atoms with E-state index < -0.39 is 17.1 Å². The lowest BCUT2D eigenvalue weighted by Gasteiger charge is -2.08. The molecule has 2 nitrogen and oxygen atoms in total. The molecule has 0 fully saturated rings. The Morgan fingerprint density at radius 1 is 1.41 bits per heavy atom. The third-order valence-electron chi connectivity index (χ3n) is 2.79. The van der Waals surface area contributed by atoms with E-state index in [1.165, 1.54) is 0 Å². The Morgan fingerprint density at radius 3 is 2.65 bits per heavy atom. The number of nitrogens with one attached hydrogen (secondary N) is 1. The molecule has 0 saturated heterocycles. The van der Waals surface area contributed by atoms with Gasteiger partial charge in [-0.3, -0.25) is 4.79 Å². The molecule has 2 rings (SSSR count). The number of aryl methyl sites for hydroxylation is 1. The van der Waals surface area contributed by atoms with Crippen LogP contribution in [0, 0.1) is 18.6 Å². The van der Waals surface area contributed by atoms with Crippen molar-refractivity contribution < 1.29 is 8.78 Å². The molecular weight excluding hydrogens is 292 g/mol. The number of pyridine rings is 1. The van der Waals surface area contributed by atoms with E-state index in [-0.39, 0.29) is 15.4 Å². The third kappa shape index (κ3) is 1.78. The van der Waals surface area contributed by atoms with Gasteiger partial charge in [-0.25, -0.2) is 8.78 Å². The third-order valence-corrected chi connectivity index (χ3v) is 3.37. The van der Waals surface area contributed by atoms with E-state index in [0.29, 0.717) is 17.7 Å². The van der Waals surface area contributed by atoms with Crippen LogP contribution in [0.15, 0.2) is 15.3 Å². The molecule has 0 bridgehead atoms. The second-order valence-corrected chi connectivity index (χ2v) is 4.67. The highest BCUT2D eigenvalue weighted by molar-refractivity contribution is 9.10. The SMILES string of the molecule is CCc1c(C)[nH]c2c(F)cc(Br)c(F)c2c1=O. The summed E-state index contributed by atoms with van der Waals surface area (Å²) in [7, 11) is 0. The van der Waals surface area contributed by atoms with E-state index in [2.05, 4.69) is 20.9 Å². The molecule has 1 aromatic heterocycles. The minimum atomic E-state index is -0.725. The molecule has 0 radical (unpaired) electrons. The maximum absolute atomic E-state index is 13.9. The average Bonchev–Trinajstić information content (AvgIpc) is 2.26. The lowest BCUT2D eigenvalue weighted by atomic mass is 10.1. The molecule has 0 spiro atoms. The van der Waals surface area contributed by atoms with E-state index in [4.69, 9.17) is 0 Å².